The number of ether oxygens (including phenoxy) is 1. The van der Waals surface area contributed by atoms with Crippen molar-refractivity contribution in [3.05, 3.63) is 35.9 Å². The molecule has 0 saturated heterocycles. The van der Waals surface area contributed by atoms with Crippen LogP contribution in [0.4, 0.5) is 4.79 Å². The number of rotatable bonds is 3. The van der Waals surface area contributed by atoms with Crippen LogP contribution in [-0.2, 0) is 16.0 Å². The molecule has 6 heteroatoms. The van der Waals surface area contributed by atoms with Crippen LogP contribution in [0.3, 0.4) is 0 Å². The normalized spacial score (nSPS) is 11.1. The standard InChI is InChI=1S/C10H11NO4.H3N/c11-8(9(12)15-10(13)14)6-7-4-2-1-3-5-7;/h1-5,8H,6,11H2,(H,13,14);1H3/t8-;/m0./s1. The molecule has 1 aromatic carbocycles. The summed E-state index contributed by atoms with van der Waals surface area (Å²) in [6, 6.07) is 8.10. The van der Waals surface area contributed by atoms with Crippen LogP contribution in [0.5, 0.6) is 0 Å². The number of hydrogen-bond donors (Lipinski definition) is 3. The number of carboxylic acid groups (broad SMARTS) is 1. The maximum Gasteiger partial charge on any atom is 0.513 e. The highest BCUT2D eigenvalue weighted by atomic mass is 16.7. The zero-order valence-electron chi connectivity index (χ0n) is 8.63. The minimum absolute atomic E-state index is 0. The molecule has 0 radical (unpaired) electrons. The summed E-state index contributed by atoms with van der Waals surface area (Å²) in [6.07, 6.45) is -1.38. The highest BCUT2D eigenvalue weighted by Crippen LogP contribution is 2.02. The molecule has 0 aliphatic carbocycles. The number of nitrogens with two attached hydrogens (primary N) is 1. The van der Waals surface area contributed by atoms with Gasteiger partial charge >= 0.3 is 12.1 Å². The van der Waals surface area contributed by atoms with E-state index < -0.39 is 18.2 Å². The molecule has 0 aromatic heterocycles. The Kier molecular flexibility index (Phi) is 5.76. The molecule has 6 nitrogen and oxygen atoms in total. The van der Waals surface area contributed by atoms with Crippen LogP contribution in [0.15, 0.2) is 30.3 Å². The van der Waals surface area contributed by atoms with Crippen molar-refractivity contribution in [1.82, 2.24) is 6.15 Å². The molecule has 0 amide bonds. The molecule has 16 heavy (non-hydrogen) atoms. The zero-order chi connectivity index (χ0) is 11.3. The number of carbonyl (C=O) groups is 2. The van der Waals surface area contributed by atoms with Crippen molar-refractivity contribution in [3.63, 3.8) is 0 Å². The molecule has 0 aliphatic rings. The highest BCUT2D eigenvalue weighted by Gasteiger charge is 2.18. The summed E-state index contributed by atoms with van der Waals surface area (Å²) in [5, 5.41) is 8.20. The van der Waals surface area contributed by atoms with Crippen molar-refractivity contribution in [3.8, 4) is 0 Å². The van der Waals surface area contributed by atoms with Crippen LogP contribution < -0.4 is 11.9 Å². The van der Waals surface area contributed by atoms with Crippen LogP contribution in [0, 0.1) is 0 Å². The van der Waals surface area contributed by atoms with Gasteiger partial charge in [-0.25, -0.2) is 9.59 Å². The molecule has 0 spiro atoms. The predicted molar refractivity (Wildman–Crippen MR) is 57.3 cm³/mol. The summed E-state index contributed by atoms with van der Waals surface area (Å²) in [7, 11) is 0. The van der Waals surface area contributed by atoms with Crippen molar-refractivity contribution in [2.45, 2.75) is 12.5 Å². The number of benzene rings is 1. The Morgan fingerprint density at radius 1 is 1.31 bits per heavy atom. The Morgan fingerprint density at radius 2 is 1.88 bits per heavy atom. The minimum Gasteiger partial charge on any atom is -0.449 e. The average Bonchev–Trinajstić information content (AvgIpc) is 2.18. The van der Waals surface area contributed by atoms with E-state index in [1.54, 1.807) is 12.1 Å². The van der Waals surface area contributed by atoms with Gasteiger partial charge in [0.15, 0.2) is 0 Å². The first kappa shape index (κ1) is 14.1. The summed E-state index contributed by atoms with van der Waals surface area (Å²) in [4.78, 5) is 21.1. The lowest BCUT2D eigenvalue weighted by Crippen LogP contribution is -2.35. The van der Waals surface area contributed by atoms with E-state index in [1.807, 2.05) is 18.2 Å². The van der Waals surface area contributed by atoms with Crippen molar-refractivity contribution >= 4 is 12.1 Å². The Labute approximate surface area is 92.6 Å². The van der Waals surface area contributed by atoms with Gasteiger partial charge in [-0.1, -0.05) is 30.3 Å². The summed E-state index contributed by atoms with van der Waals surface area (Å²) < 4.78 is 3.94. The molecule has 0 saturated carbocycles. The summed E-state index contributed by atoms with van der Waals surface area (Å²) >= 11 is 0. The number of hydrogen-bond acceptors (Lipinski definition) is 5. The second-order valence-corrected chi connectivity index (χ2v) is 2.98. The van der Waals surface area contributed by atoms with Gasteiger partial charge in [0.1, 0.15) is 6.04 Å². The summed E-state index contributed by atoms with van der Waals surface area (Å²) in [5.74, 6) is -0.939. The van der Waals surface area contributed by atoms with Gasteiger partial charge in [-0.15, -0.1) is 0 Å². The number of carbonyl (C=O) groups excluding carboxylic acids is 1. The molecular weight excluding hydrogens is 212 g/mol. The maximum absolute atomic E-state index is 11.0. The van der Waals surface area contributed by atoms with Crippen molar-refractivity contribution in [1.29, 1.82) is 0 Å². The van der Waals surface area contributed by atoms with Gasteiger partial charge in [0.05, 0.1) is 0 Å². The largest absolute Gasteiger partial charge is 0.513 e. The Balaban J connectivity index is 0.00000225. The highest BCUT2D eigenvalue weighted by molar-refractivity contribution is 5.84. The lowest BCUT2D eigenvalue weighted by atomic mass is 10.1. The predicted octanol–water partition coefficient (Wildman–Crippen LogP) is 0.940. The van der Waals surface area contributed by atoms with E-state index in [0.29, 0.717) is 0 Å². The van der Waals surface area contributed by atoms with Crippen LogP contribution in [-0.4, -0.2) is 23.3 Å². The van der Waals surface area contributed by atoms with Crippen molar-refractivity contribution < 1.29 is 19.4 Å². The average molecular weight is 226 g/mol. The second-order valence-electron chi connectivity index (χ2n) is 2.98. The topological polar surface area (TPSA) is 125 Å². The fraction of sp³-hybridized carbons (Fsp3) is 0.200. The van der Waals surface area contributed by atoms with Gasteiger partial charge in [0, 0.05) is 0 Å². The smallest absolute Gasteiger partial charge is 0.449 e. The molecule has 1 aromatic rings. The van der Waals surface area contributed by atoms with E-state index in [-0.39, 0.29) is 12.6 Å². The third kappa shape index (κ3) is 4.54. The third-order valence-electron chi connectivity index (χ3n) is 1.79. The minimum atomic E-state index is -1.64. The fourth-order valence-corrected chi connectivity index (χ4v) is 1.11. The second kappa shape index (κ2) is 6.54. The Bertz CT molecular complexity index is 353. The first-order valence-electron chi connectivity index (χ1n) is 4.33. The van der Waals surface area contributed by atoms with Crippen molar-refractivity contribution in [2.24, 2.45) is 5.73 Å². The molecule has 0 fully saturated rings. The van der Waals surface area contributed by atoms with E-state index >= 15 is 0 Å². The van der Waals surface area contributed by atoms with Gasteiger partial charge in [-0.2, -0.15) is 0 Å². The lowest BCUT2D eigenvalue weighted by molar-refractivity contribution is -0.140. The quantitative estimate of drug-likeness (QED) is 0.520. The van der Waals surface area contributed by atoms with E-state index in [2.05, 4.69) is 4.74 Å². The molecule has 0 aliphatic heterocycles. The molecular formula is C10H14N2O4. The zero-order valence-corrected chi connectivity index (χ0v) is 8.63. The maximum atomic E-state index is 11.0. The molecule has 6 N–H and O–H groups in total. The molecule has 0 heterocycles. The van der Waals surface area contributed by atoms with Crippen LogP contribution in [0.2, 0.25) is 0 Å². The Morgan fingerprint density at radius 3 is 2.38 bits per heavy atom. The van der Waals surface area contributed by atoms with Crippen LogP contribution in [0.25, 0.3) is 0 Å². The number of esters is 1. The van der Waals surface area contributed by atoms with Gasteiger partial charge < -0.3 is 21.7 Å². The molecule has 88 valence electrons. The van der Waals surface area contributed by atoms with Gasteiger partial charge in [0.25, 0.3) is 0 Å². The third-order valence-corrected chi connectivity index (χ3v) is 1.79. The fourth-order valence-electron chi connectivity index (χ4n) is 1.11. The first-order chi connectivity index (χ1) is 7.09. The van der Waals surface area contributed by atoms with Gasteiger partial charge in [0.2, 0.25) is 0 Å². The summed E-state index contributed by atoms with van der Waals surface area (Å²) in [5.41, 5.74) is 6.31. The van der Waals surface area contributed by atoms with E-state index in [1.165, 1.54) is 0 Å². The molecule has 1 atom stereocenters. The lowest BCUT2D eigenvalue weighted by Gasteiger charge is -2.08. The summed E-state index contributed by atoms with van der Waals surface area (Å²) in [6.45, 7) is 0. The van der Waals surface area contributed by atoms with E-state index in [0.717, 1.165) is 5.56 Å². The molecule has 0 bridgehead atoms. The van der Waals surface area contributed by atoms with Gasteiger partial charge in [-0.05, 0) is 12.0 Å². The molecule has 0 unspecified atom stereocenters. The monoisotopic (exact) mass is 226 g/mol. The molecule has 1 rings (SSSR count). The Hall–Kier alpha value is -1.92. The SMILES string of the molecule is N.N[C@@H](Cc1ccccc1)C(=O)OC(=O)O. The van der Waals surface area contributed by atoms with Crippen LogP contribution >= 0.6 is 0 Å². The van der Waals surface area contributed by atoms with Gasteiger partial charge in [-0.3, -0.25) is 0 Å². The van der Waals surface area contributed by atoms with E-state index in [4.69, 9.17) is 10.8 Å². The first-order valence-corrected chi connectivity index (χ1v) is 4.33. The van der Waals surface area contributed by atoms with Crippen molar-refractivity contribution in [2.75, 3.05) is 0 Å². The van der Waals surface area contributed by atoms with Crippen LogP contribution in [0.1, 0.15) is 5.56 Å². The van der Waals surface area contributed by atoms with E-state index in [9.17, 15) is 9.59 Å².